The zero-order valence-electron chi connectivity index (χ0n) is 14.8. The van der Waals surface area contributed by atoms with E-state index in [1.165, 1.54) is 18.5 Å². The Hall–Kier alpha value is -3.74. The number of aromatic nitrogens is 2. The number of aromatic carboxylic acids is 1. The Labute approximate surface area is 156 Å². The predicted octanol–water partition coefficient (Wildman–Crippen LogP) is 1.62. The normalized spacial score (nSPS) is 10.9. The number of carbonyl (C=O) groups excluding carboxylic acids is 2. The van der Waals surface area contributed by atoms with Gasteiger partial charge < -0.3 is 14.5 Å². The van der Waals surface area contributed by atoms with Crippen molar-refractivity contribution < 1.29 is 14.7 Å². The Balaban J connectivity index is 1.83. The molecule has 0 bridgehead atoms. The molecule has 3 aromatic rings. The van der Waals surface area contributed by atoms with Crippen LogP contribution < -0.4 is 10.5 Å². The van der Waals surface area contributed by atoms with Crippen molar-refractivity contribution in [3.63, 3.8) is 0 Å². The van der Waals surface area contributed by atoms with Crippen molar-refractivity contribution in [1.29, 1.82) is 0 Å². The van der Waals surface area contributed by atoms with Crippen LogP contribution in [0.1, 0.15) is 37.7 Å². The van der Waals surface area contributed by atoms with Gasteiger partial charge in [0.25, 0.3) is 5.91 Å². The number of hydrogen-bond acceptors (Lipinski definition) is 5. The molecule has 0 aliphatic carbocycles. The molecule has 0 fully saturated rings. The molecular weight excluding hydrogens is 344 g/mol. The number of aryl methyl sites for hydroxylation is 1. The first-order valence-corrected chi connectivity index (χ1v) is 8.21. The number of amides is 1. The maximum atomic E-state index is 12.0. The van der Waals surface area contributed by atoms with E-state index in [1.54, 1.807) is 30.5 Å². The Bertz CT molecular complexity index is 1020. The van der Waals surface area contributed by atoms with Gasteiger partial charge >= 0.3 is 0 Å². The molecule has 1 amide bonds. The first-order chi connectivity index (χ1) is 13.0. The highest BCUT2D eigenvalue weighted by atomic mass is 16.4. The second kappa shape index (κ2) is 7.65. The highest BCUT2D eigenvalue weighted by molar-refractivity contribution is 5.94. The van der Waals surface area contributed by atoms with Crippen molar-refractivity contribution in [1.82, 2.24) is 15.0 Å². The molecule has 2 aromatic heterocycles. The Morgan fingerprint density at radius 3 is 2.56 bits per heavy atom. The molecule has 27 heavy (non-hydrogen) atoms. The summed E-state index contributed by atoms with van der Waals surface area (Å²) in [5.74, 6) is -1.55. The number of pyridine rings is 1. The lowest BCUT2D eigenvalue weighted by atomic mass is 10.2. The van der Waals surface area contributed by atoms with E-state index in [1.807, 2.05) is 30.5 Å². The molecule has 2 heterocycles. The number of nitrogens with zero attached hydrogens (tertiary/aromatic N) is 3. The summed E-state index contributed by atoms with van der Waals surface area (Å²) in [7, 11) is 0. The average molecular weight is 361 g/mol. The third-order valence-electron chi connectivity index (χ3n) is 4.12. The fraction of sp³-hybridized carbons (Fsp3) is 0.100. The van der Waals surface area contributed by atoms with Crippen molar-refractivity contribution >= 4 is 18.1 Å². The van der Waals surface area contributed by atoms with Crippen LogP contribution in [0.4, 0.5) is 0 Å². The lowest BCUT2D eigenvalue weighted by Crippen LogP contribution is -2.22. The van der Waals surface area contributed by atoms with Gasteiger partial charge in [0.1, 0.15) is 0 Å². The molecule has 0 radical (unpaired) electrons. The molecule has 0 spiro atoms. The van der Waals surface area contributed by atoms with Gasteiger partial charge in [-0.15, -0.1) is 0 Å². The van der Waals surface area contributed by atoms with Crippen molar-refractivity contribution in [2.75, 3.05) is 0 Å². The smallest absolute Gasteiger partial charge is 0.271 e. The van der Waals surface area contributed by atoms with E-state index in [4.69, 9.17) is 0 Å². The van der Waals surface area contributed by atoms with E-state index in [-0.39, 0.29) is 11.5 Å². The van der Waals surface area contributed by atoms with Gasteiger partial charge in [-0.2, -0.15) is 5.10 Å². The van der Waals surface area contributed by atoms with Crippen LogP contribution in [0.15, 0.2) is 60.0 Å². The van der Waals surface area contributed by atoms with E-state index in [9.17, 15) is 14.7 Å². The Morgan fingerprint density at radius 1 is 1.11 bits per heavy atom. The molecule has 0 atom stereocenters. The maximum absolute atomic E-state index is 12.0. The summed E-state index contributed by atoms with van der Waals surface area (Å²) in [6, 6.07) is 11.6. The number of benzene rings is 1. The minimum Gasteiger partial charge on any atom is -0.545 e. The highest BCUT2D eigenvalue weighted by Crippen LogP contribution is 2.20. The van der Waals surface area contributed by atoms with Crippen molar-refractivity contribution in [2.24, 2.45) is 5.10 Å². The van der Waals surface area contributed by atoms with Gasteiger partial charge in [-0.3, -0.25) is 9.78 Å². The molecule has 7 nitrogen and oxygen atoms in total. The zero-order valence-corrected chi connectivity index (χ0v) is 14.8. The predicted molar refractivity (Wildman–Crippen MR) is 98.9 cm³/mol. The van der Waals surface area contributed by atoms with Gasteiger partial charge in [0.2, 0.25) is 0 Å². The number of hydrazone groups is 1. The molecular formula is C20H17N4O3-. The van der Waals surface area contributed by atoms with Gasteiger partial charge in [0.15, 0.2) is 0 Å². The van der Waals surface area contributed by atoms with Crippen LogP contribution in [0.2, 0.25) is 0 Å². The molecule has 0 saturated carbocycles. The molecule has 1 aromatic carbocycles. The molecule has 0 aliphatic heterocycles. The molecule has 0 aliphatic rings. The van der Waals surface area contributed by atoms with Gasteiger partial charge in [-0.05, 0) is 49.7 Å². The number of carboxylic acids is 1. The molecule has 1 N–H and O–H groups in total. The summed E-state index contributed by atoms with van der Waals surface area (Å²) in [5, 5.41) is 15.1. The summed E-state index contributed by atoms with van der Waals surface area (Å²) in [5.41, 5.74) is 6.34. The monoisotopic (exact) mass is 361 g/mol. The number of rotatable bonds is 5. The van der Waals surface area contributed by atoms with Gasteiger partial charge in [0, 0.05) is 40.6 Å². The lowest BCUT2D eigenvalue weighted by Gasteiger charge is -2.11. The first kappa shape index (κ1) is 18.1. The largest absolute Gasteiger partial charge is 0.545 e. The van der Waals surface area contributed by atoms with E-state index in [0.717, 1.165) is 17.0 Å². The third-order valence-corrected chi connectivity index (χ3v) is 4.12. The minimum atomic E-state index is -1.22. The van der Waals surface area contributed by atoms with Crippen molar-refractivity contribution in [3.8, 4) is 5.69 Å². The van der Waals surface area contributed by atoms with Crippen molar-refractivity contribution in [3.05, 3.63) is 82.9 Å². The van der Waals surface area contributed by atoms with E-state index in [2.05, 4.69) is 15.5 Å². The van der Waals surface area contributed by atoms with Crippen LogP contribution in [0.3, 0.4) is 0 Å². The van der Waals surface area contributed by atoms with E-state index >= 15 is 0 Å². The zero-order chi connectivity index (χ0) is 19.4. The number of hydrogen-bond donors (Lipinski definition) is 1. The quantitative estimate of drug-likeness (QED) is 0.551. The van der Waals surface area contributed by atoms with Gasteiger partial charge in [-0.25, -0.2) is 5.43 Å². The highest BCUT2D eigenvalue weighted by Gasteiger charge is 2.10. The summed E-state index contributed by atoms with van der Waals surface area (Å²) in [6.45, 7) is 3.80. The summed E-state index contributed by atoms with van der Waals surface area (Å²) >= 11 is 0. The Morgan fingerprint density at radius 2 is 1.85 bits per heavy atom. The van der Waals surface area contributed by atoms with Gasteiger partial charge in [-0.1, -0.05) is 12.1 Å². The molecule has 136 valence electrons. The fourth-order valence-electron chi connectivity index (χ4n) is 2.82. The third kappa shape index (κ3) is 3.92. The summed E-state index contributed by atoms with van der Waals surface area (Å²) in [6.07, 6.45) is 4.63. The maximum Gasteiger partial charge on any atom is 0.271 e. The lowest BCUT2D eigenvalue weighted by molar-refractivity contribution is -0.255. The van der Waals surface area contributed by atoms with Crippen LogP contribution in [-0.2, 0) is 0 Å². The number of carboxylic acid groups (broad SMARTS) is 1. The van der Waals surface area contributed by atoms with Crippen LogP contribution in [-0.4, -0.2) is 27.6 Å². The topological polar surface area (TPSA) is 99.4 Å². The minimum absolute atomic E-state index is 0.111. The average Bonchev–Trinajstić information content (AvgIpc) is 2.96. The van der Waals surface area contributed by atoms with Gasteiger partial charge in [0.05, 0.1) is 12.2 Å². The van der Waals surface area contributed by atoms with E-state index in [0.29, 0.717) is 11.3 Å². The second-order valence-electron chi connectivity index (χ2n) is 5.93. The fourth-order valence-corrected chi connectivity index (χ4v) is 2.82. The molecule has 0 saturated heterocycles. The Kier molecular flexibility index (Phi) is 5.12. The number of nitrogens with one attached hydrogen (secondary N) is 1. The molecule has 3 rings (SSSR count). The van der Waals surface area contributed by atoms with Crippen LogP contribution in [0, 0.1) is 13.8 Å². The summed E-state index contributed by atoms with van der Waals surface area (Å²) < 4.78 is 1.92. The molecule has 7 heteroatoms. The summed E-state index contributed by atoms with van der Waals surface area (Å²) in [4.78, 5) is 27.0. The standard InChI is InChI=1S/C20H18N4O3/c1-13-10-17(12-22-23-19(25)15-6-8-21-9-7-15)14(2)24(13)18-5-3-4-16(11-18)20(26)27/h3-12H,1-2H3,(H,23,25)(H,26,27)/p-1/b22-12+. The van der Waals surface area contributed by atoms with Crippen LogP contribution >= 0.6 is 0 Å². The molecule has 0 unspecified atom stereocenters. The second-order valence-corrected chi connectivity index (χ2v) is 5.93. The number of carbonyl (C=O) groups is 2. The van der Waals surface area contributed by atoms with Crippen molar-refractivity contribution in [2.45, 2.75) is 13.8 Å². The first-order valence-electron chi connectivity index (χ1n) is 8.21. The van der Waals surface area contributed by atoms with Crippen LogP contribution in [0.5, 0.6) is 0 Å². The SMILES string of the molecule is Cc1cc(/C=N/NC(=O)c2ccncc2)c(C)n1-c1cccc(C(=O)[O-])c1. The van der Waals surface area contributed by atoms with Crippen LogP contribution in [0.25, 0.3) is 5.69 Å². The van der Waals surface area contributed by atoms with E-state index < -0.39 is 5.97 Å².